The maximum atomic E-state index is 6.41. The molecule has 0 atom stereocenters. The van der Waals surface area contributed by atoms with Gasteiger partial charge >= 0.3 is 0 Å². The van der Waals surface area contributed by atoms with Gasteiger partial charge in [0.25, 0.3) is 0 Å². The third-order valence-corrected chi connectivity index (χ3v) is 4.71. The molecule has 2 fully saturated rings. The molecule has 0 saturated heterocycles. The Bertz CT molecular complexity index is 205. The third kappa shape index (κ3) is 3.21. The van der Waals surface area contributed by atoms with E-state index in [-0.39, 0.29) is 5.54 Å². The van der Waals surface area contributed by atoms with Crippen LogP contribution in [0.3, 0.4) is 0 Å². The van der Waals surface area contributed by atoms with Gasteiger partial charge in [-0.15, -0.1) is 0 Å². The molecule has 0 amide bonds. The number of hydrogen-bond acceptors (Lipinski definition) is 2. The van der Waals surface area contributed by atoms with Gasteiger partial charge in [-0.25, -0.2) is 0 Å². The van der Waals surface area contributed by atoms with Gasteiger partial charge < -0.3 is 10.6 Å². The van der Waals surface area contributed by atoms with Gasteiger partial charge in [0, 0.05) is 12.1 Å². The first-order valence-corrected chi connectivity index (χ1v) is 7.23. The molecular formula is C14H28N2. The monoisotopic (exact) mass is 224 g/mol. The smallest absolute Gasteiger partial charge is 0.0166 e. The lowest BCUT2D eigenvalue weighted by Crippen LogP contribution is -2.42. The molecule has 0 aromatic carbocycles. The molecule has 2 nitrogen and oxygen atoms in total. The van der Waals surface area contributed by atoms with Crippen molar-refractivity contribution < 1.29 is 0 Å². The largest absolute Gasteiger partial charge is 0.325 e. The lowest BCUT2D eigenvalue weighted by atomic mass is 9.85. The summed E-state index contributed by atoms with van der Waals surface area (Å²) in [5.41, 5.74) is 6.60. The molecule has 0 aromatic rings. The zero-order valence-corrected chi connectivity index (χ0v) is 10.9. The first kappa shape index (κ1) is 12.4. The van der Waals surface area contributed by atoms with Gasteiger partial charge in [0.2, 0.25) is 0 Å². The van der Waals surface area contributed by atoms with Crippen LogP contribution in [-0.4, -0.2) is 30.1 Å². The van der Waals surface area contributed by atoms with Gasteiger partial charge in [0.05, 0.1) is 0 Å². The van der Waals surface area contributed by atoms with Crippen molar-refractivity contribution in [1.29, 1.82) is 0 Å². The van der Waals surface area contributed by atoms with Gasteiger partial charge in [0.1, 0.15) is 0 Å². The van der Waals surface area contributed by atoms with Crippen molar-refractivity contribution in [2.75, 3.05) is 19.6 Å². The summed E-state index contributed by atoms with van der Waals surface area (Å²) >= 11 is 0. The molecule has 0 aliphatic heterocycles. The average Bonchev–Trinajstić information content (AvgIpc) is 2.63. The maximum absolute atomic E-state index is 6.41. The quantitative estimate of drug-likeness (QED) is 0.751. The second-order valence-electron chi connectivity index (χ2n) is 6.01. The first-order chi connectivity index (χ1) is 7.72. The van der Waals surface area contributed by atoms with Gasteiger partial charge in [-0.1, -0.05) is 26.2 Å². The van der Waals surface area contributed by atoms with E-state index in [1.54, 1.807) is 0 Å². The molecule has 16 heavy (non-hydrogen) atoms. The Labute approximate surface area is 101 Å². The van der Waals surface area contributed by atoms with Crippen molar-refractivity contribution in [3.8, 4) is 0 Å². The van der Waals surface area contributed by atoms with E-state index in [2.05, 4.69) is 11.8 Å². The lowest BCUT2D eigenvalue weighted by Gasteiger charge is -2.34. The summed E-state index contributed by atoms with van der Waals surface area (Å²) in [6, 6.07) is 0. The van der Waals surface area contributed by atoms with Crippen molar-refractivity contribution in [1.82, 2.24) is 4.90 Å². The third-order valence-electron chi connectivity index (χ3n) is 4.71. The number of rotatable bonds is 6. The molecule has 2 saturated carbocycles. The van der Waals surface area contributed by atoms with Crippen LogP contribution < -0.4 is 5.73 Å². The SMILES string of the molecule is CCN(CCC1(N)CCCC1)CC1CCC1. The Kier molecular flexibility index (Phi) is 4.26. The van der Waals surface area contributed by atoms with E-state index in [9.17, 15) is 0 Å². The van der Waals surface area contributed by atoms with Crippen molar-refractivity contribution in [3.63, 3.8) is 0 Å². The normalized spacial score (nSPS) is 24.9. The van der Waals surface area contributed by atoms with Crippen molar-refractivity contribution in [3.05, 3.63) is 0 Å². The predicted molar refractivity (Wildman–Crippen MR) is 69.5 cm³/mol. The number of nitrogens with two attached hydrogens (primary N) is 1. The standard InChI is InChI=1S/C14H28N2/c1-2-16(12-13-6-5-7-13)11-10-14(15)8-3-4-9-14/h13H,2-12,15H2,1H3. The summed E-state index contributed by atoms with van der Waals surface area (Å²) in [5, 5.41) is 0. The Morgan fingerprint density at radius 3 is 2.38 bits per heavy atom. The summed E-state index contributed by atoms with van der Waals surface area (Å²) in [5.74, 6) is 0.997. The molecule has 2 aliphatic carbocycles. The van der Waals surface area contributed by atoms with E-state index in [1.807, 2.05) is 0 Å². The highest BCUT2D eigenvalue weighted by Crippen LogP contribution is 2.31. The van der Waals surface area contributed by atoms with Crippen LogP contribution in [0.4, 0.5) is 0 Å². The van der Waals surface area contributed by atoms with Crippen LogP contribution in [0.25, 0.3) is 0 Å². The fourth-order valence-corrected chi connectivity index (χ4v) is 3.13. The van der Waals surface area contributed by atoms with Crippen LogP contribution in [0.1, 0.15) is 58.3 Å². The number of nitrogens with zero attached hydrogens (tertiary/aromatic N) is 1. The fourth-order valence-electron chi connectivity index (χ4n) is 3.13. The fraction of sp³-hybridized carbons (Fsp3) is 1.00. The molecular weight excluding hydrogens is 196 g/mol. The van der Waals surface area contributed by atoms with Crippen LogP contribution in [0.15, 0.2) is 0 Å². The summed E-state index contributed by atoms with van der Waals surface area (Å²) in [7, 11) is 0. The Morgan fingerprint density at radius 1 is 1.19 bits per heavy atom. The molecule has 0 bridgehead atoms. The Balaban J connectivity index is 1.69. The van der Waals surface area contributed by atoms with Crippen LogP contribution in [0, 0.1) is 5.92 Å². The summed E-state index contributed by atoms with van der Waals surface area (Å²) in [4.78, 5) is 2.62. The molecule has 2 rings (SSSR count). The van der Waals surface area contributed by atoms with E-state index in [0.29, 0.717) is 0 Å². The predicted octanol–water partition coefficient (Wildman–Crippen LogP) is 2.77. The average molecular weight is 224 g/mol. The topological polar surface area (TPSA) is 29.3 Å². The Hall–Kier alpha value is -0.0800. The summed E-state index contributed by atoms with van der Waals surface area (Å²) < 4.78 is 0. The van der Waals surface area contributed by atoms with E-state index in [1.165, 1.54) is 71.0 Å². The van der Waals surface area contributed by atoms with E-state index < -0.39 is 0 Å². The molecule has 0 unspecified atom stereocenters. The highest BCUT2D eigenvalue weighted by Gasteiger charge is 2.29. The molecule has 0 spiro atoms. The summed E-state index contributed by atoms with van der Waals surface area (Å²) in [6.45, 7) is 6.04. The second-order valence-corrected chi connectivity index (χ2v) is 6.01. The lowest BCUT2D eigenvalue weighted by molar-refractivity contribution is 0.171. The van der Waals surface area contributed by atoms with Crippen LogP contribution >= 0.6 is 0 Å². The molecule has 0 heterocycles. The molecule has 2 N–H and O–H groups in total. The van der Waals surface area contributed by atoms with Crippen LogP contribution in [0.5, 0.6) is 0 Å². The second kappa shape index (κ2) is 5.50. The highest BCUT2D eigenvalue weighted by atomic mass is 15.1. The van der Waals surface area contributed by atoms with Crippen molar-refractivity contribution in [2.24, 2.45) is 11.7 Å². The molecule has 0 aromatic heterocycles. The minimum absolute atomic E-state index is 0.188. The number of hydrogen-bond donors (Lipinski definition) is 1. The van der Waals surface area contributed by atoms with Gasteiger partial charge in [-0.3, -0.25) is 0 Å². The van der Waals surface area contributed by atoms with Crippen molar-refractivity contribution in [2.45, 2.75) is 63.8 Å². The van der Waals surface area contributed by atoms with Crippen LogP contribution in [-0.2, 0) is 0 Å². The highest BCUT2D eigenvalue weighted by molar-refractivity contribution is 4.90. The van der Waals surface area contributed by atoms with Gasteiger partial charge in [-0.05, 0) is 51.1 Å². The molecule has 94 valence electrons. The zero-order valence-electron chi connectivity index (χ0n) is 10.9. The van der Waals surface area contributed by atoms with Crippen LogP contribution in [0.2, 0.25) is 0 Å². The molecule has 2 aliphatic rings. The minimum atomic E-state index is 0.188. The van der Waals surface area contributed by atoms with E-state index in [4.69, 9.17) is 5.73 Å². The van der Waals surface area contributed by atoms with E-state index >= 15 is 0 Å². The maximum Gasteiger partial charge on any atom is 0.0166 e. The van der Waals surface area contributed by atoms with Gasteiger partial charge in [0.15, 0.2) is 0 Å². The first-order valence-electron chi connectivity index (χ1n) is 7.23. The Morgan fingerprint density at radius 2 is 1.88 bits per heavy atom. The van der Waals surface area contributed by atoms with Gasteiger partial charge in [-0.2, -0.15) is 0 Å². The minimum Gasteiger partial charge on any atom is -0.325 e. The summed E-state index contributed by atoms with van der Waals surface area (Å²) in [6.07, 6.45) is 10.8. The zero-order chi connectivity index (χ0) is 11.4. The molecule has 2 heteroatoms. The van der Waals surface area contributed by atoms with Crippen molar-refractivity contribution >= 4 is 0 Å². The van der Waals surface area contributed by atoms with E-state index in [0.717, 1.165) is 5.92 Å². The molecule has 0 radical (unpaired) electrons.